The number of imidazole rings is 1. The van der Waals surface area contributed by atoms with Crippen molar-refractivity contribution in [3.05, 3.63) is 36.3 Å². The number of ether oxygens (including phenoxy) is 2. The zero-order valence-electron chi connectivity index (χ0n) is 15.9. The summed E-state index contributed by atoms with van der Waals surface area (Å²) < 4.78 is 13.0. The molecule has 3 heterocycles. The lowest BCUT2D eigenvalue weighted by Gasteiger charge is -2.25. The van der Waals surface area contributed by atoms with Gasteiger partial charge in [-0.1, -0.05) is 6.07 Å². The van der Waals surface area contributed by atoms with E-state index in [1.165, 1.54) is 0 Å². The van der Waals surface area contributed by atoms with Crippen molar-refractivity contribution < 1.29 is 19.1 Å². The summed E-state index contributed by atoms with van der Waals surface area (Å²) in [5, 5.41) is 0. The third kappa shape index (κ3) is 3.63. The number of fused-ring (bicyclic) bond motifs is 2. The minimum absolute atomic E-state index is 0.165. The first-order valence-corrected chi connectivity index (χ1v) is 9.43. The number of hydrogen-bond acceptors (Lipinski definition) is 5. The first-order valence-electron chi connectivity index (χ1n) is 9.43. The molecule has 1 amide bonds. The van der Waals surface area contributed by atoms with Crippen LogP contribution in [-0.4, -0.2) is 51.1 Å². The quantitative estimate of drug-likeness (QED) is 0.759. The number of likely N-dealkylation sites (tertiary alicyclic amines) is 1. The van der Waals surface area contributed by atoms with Crippen LogP contribution in [0, 0.1) is 11.8 Å². The summed E-state index contributed by atoms with van der Waals surface area (Å²) >= 11 is 0. The third-order valence-corrected chi connectivity index (χ3v) is 5.27. The fraction of sp³-hybridized carbons (Fsp3) is 0.550. The summed E-state index contributed by atoms with van der Waals surface area (Å²) in [6.07, 6.45) is 4.85. The highest BCUT2D eigenvalue weighted by atomic mass is 16.6. The van der Waals surface area contributed by atoms with E-state index in [4.69, 9.17) is 9.47 Å². The van der Waals surface area contributed by atoms with Gasteiger partial charge in [0.05, 0.1) is 0 Å². The van der Waals surface area contributed by atoms with E-state index in [1.807, 2.05) is 45.2 Å². The topological polar surface area (TPSA) is 73.1 Å². The van der Waals surface area contributed by atoms with Crippen LogP contribution < -0.4 is 0 Å². The Hall–Kier alpha value is -2.57. The third-order valence-electron chi connectivity index (χ3n) is 5.27. The van der Waals surface area contributed by atoms with Gasteiger partial charge in [0.1, 0.15) is 17.4 Å². The number of aromatic nitrogens is 2. The van der Waals surface area contributed by atoms with Crippen molar-refractivity contribution in [2.24, 2.45) is 11.8 Å². The van der Waals surface area contributed by atoms with Crippen LogP contribution >= 0.6 is 0 Å². The SMILES string of the molecule is CC(C)(C)OC(=O)N1CC2CCC(OC(=O)c3cn4ccccc4n3)C2C1. The van der Waals surface area contributed by atoms with Gasteiger partial charge in [0.25, 0.3) is 0 Å². The number of rotatable bonds is 2. The smallest absolute Gasteiger partial charge is 0.410 e. The number of carbonyl (C=O) groups excluding carboxylic acids is 2. The number of amides is 1. The molecule has 1 saturated carbocycles. The van der Waals surface area contributed by atoms with Gasteiger partial charge in [-0.15, -0.1) is 0 Å². The molecule has 0 N–H and O–H groups in total. The second-order valence-electron chi connectivity index (χ2n) is 8.42. The molecule has 3 atom stereocenters. The molecule has 2 aromatic heterocycles. The predicted molar refractivity (Wildman–Crippen MR) is 98.4 cm³/mol. The lowest BCUT2D eigenvalue weighted by Crippen LogP contribution is -2.37. The maximum atomic E-state index is 12.6. The van der Waals surface area contributed by atoms with Crippen molar-refractivity contribution in [2.75, 3.05) is 13.1 Å². The molecule has 0 spiro atoms. The molecule has 3 unspecified atom stereocenters. The summed E-state index contributed by atoms with van der Waals surface area (Å²) in [5.41, 5.74) is 0.515. The average molecular weight is 371 g/mol. The fourth-order valence-electron chi connectivity index (χ4n) is 4.07. The van der Waals surface area contributed by atoms with E-state index >= 15 is 0 Å². The van der Waals surface area contributed by atoms with Crippen LogP contribution in [0.25, 0.3) is 5.65 Å². The highest BCUT2D eigenvalue weighted by Gasteiger charge is 2.46. The van der Waals surface area contributed by atoms with Crippen molar-refractivity contribution in [2.45, 2.75) is 45.3 Å². The molecule has 1 aliphatic carbocycles. The van der Waals surface area contributed by atoms with E-state index in [-0.39, 0.29) is 18.1 Å². The van der Waals surface area contributed by atoms with Gasteiger partial charge in [0, 0.05) is 31.4 Å². The lowest BCUT2D eigenvalue weighted by molar-refractivity contribution is 0.0149. The van der Waals surface area contributed by atoms with Crippen molar-refractivity contribution >= 4 is 17.7 Å². The van der Waals surface area contributed by atoms with Crippen LogP contribution in [0.1, 0.15) is 44.1 Å². The first kappa shape index (κ1) is 17.8. The van der Waals surface area contributed by atoms with Gasteiger partial charge in [0.2, 0.25) is 0 Å². The summed E-state index contributed by atoms with van der Waals surface area (Å²) in [6.45, 7) is 6.83. The predicted octanol–water partition coefficient (Wildman–Crippen LogP) is 3.14. The van der Waals surface area contributed by atoms with Crippen LogP contribution in [0.2, 0.25) is 0 Å². The van der Waals surface area contributed by atoms with Crippen molar-refractivity contribution in [1.82, 2.24) is 14.3 Å². The van der Waals surface area contributed by atoms with Gasteiger partial charge in [0.15, 0.2) is 5.69 Å². The zero-order valence-corrected chi connectivity index (χ0v) is 15.9. The van der Waals surface area contributed by atoms with Crippen LogP contribution in [0.5, 0.6) is 0 Å². The molecule has 27 heavy (non-hydrogen) atoms. The van der Waals surface area contributed by atoms with E-state index in [0.717, 1.165) is 12.8 Å². The van der Waals surface area contributed by atoms with E-state index in [2.05, 4.69) is 4.98 Å². The van der Waals surface area contributed by atoms with Crippen molar-refractivity contribution in [3.63, 3.8) is 0 Å². The highest BCUT2D eigenvalue weighted by Crippen LogP contribution is 2.40. The summed E-state index contributed by atoms with van der Waals surface area (Å²) in [7, 11) is 0. The molecule has 1 aliphatic heterocycles. The average Bonchev–Trinajstić information content (AvgIpc) is 3.27. The second kappa shape index (κ2) is 6.55. The van der Waals surface area contributed by atoms with Crippen LogP contribution in [0.15, 0.2) is 30.6 Å². The van der Waals surface area contributed by atoms with Gasteiger partial charge in [-0.05, 0) is 51.7 Å². The van der Waals surface area contributed by atoms with Gasteiger partial charge in [-0.2, -0.15) is 0 Å². The molecule has 7 nitrogen and oxygen atoms in total. The monoisotopic (exact) mass is 371 g/mol. The maximum Gasteiger partial charge on any atom is 0.410 e. The molecule has 4 rings (SSSR count). The normalized spacial score (nSPS) is 24.9. The number of pyridine rings is 1. The Balaban J connectivity index is 1.40. The van der Waals surface area contributed by atoms with E-state index in [9.17, 15) is 9.59 Å². The molecule has 0 aromatic carbocycles. The first-order chi connectivity index (χ1) is 12.8. The zero-order chi connectivity index (χ0) is 19.2. The Morgan fingerprint density at radius 1 is 1.19 bits per heavy atom. The Morgan fingerprint density at radius 2 is 2.00 bits per heavy atom. The Labute approximate surface area is 158 Å². The summed E-state index contributed by atoms with van der Waals surface area (Å²) in [6, 6.07) is 5.61. The van der Waals surface area contributed by atoms with Crippen LogP contribution in [0.4, 0.5) is 4.79 Å². The van der Waals surface area contributed by atoms with E-state index < -0.39 is 11.6 Å². The summed E-state index contributed by atoms with van der Waals surface area (Å²) in [5.74, 6) is 0.120. The molecular formula is C20H25N3O4. The number of nitrogens with zero attached hydrogens (tertiary/aromatic N) is 3. The van der Waals surface area contributed by atoms with Crippen LogP contribution in [0.3, 0.4) is 0 Å². The Morgan fingerprint density at radius 3 is 2.74 bits per heavy atom. The fourth-order valence-corrected chi connectivity index (χ4v) is 4.07. The molecule has 1 saturated heterocycles. The number of esters is 1. The van der Waals surface area contributed by atoms with E-state index in [0.29, 0.717) is 30.3 Å². The number of hydrogen-bond donors (Lipinski definition) is 0. The van der Waals surface area contributed by atoms with Crippen LogP contribution in [-0.2, 0) is 9.47 Å². The van der Waals surface area contributed by atoms with E-state index in [1.54, 1.807) is 15.5 Å². The highest BCUT2D eigenvalue weighted by molar-refractivity contribution is 5.88. The Kier molecular flexibility index (Phi) is 4.32. The molecule has 0 bridgehead atoms. The molecule has 7 heteroatoms. The van der Waals surface area contributed by atoms with Gasteiger partial charge in [-0.25, -0.2) is 14.6 Å². The van der Waals surface area contributed by atoms with Gasteiger partial charge in [-0.3, -0.25) is 0 Å². The largest absolute Gasteiger partial charge is 0.457 e. The molecule has 144 valence electrons. The Bertz CT molecular complexity index is 836. The number of carbonyl (C=O) groups is 2. The maximum absolute atomic E-state index is 12.6. The minimum Gasteiger partial charge on any atom is -0.457 e. The molecular weight excluding hydrogens is 346 g/mol. The molecule has 0 radical (unpaired) electrons. The standard InChI is InChI=1S/C20H25N3O4/c1-20(2,3)27-19(25)23-10-13-7-8-16(14(13)11-23)26-18(24)15-12-22-9-5-4-6-17(22)21-15/h4-6,9,12-14,16H,7-8,10-11H2,1-3H3. The minimum atomic E-state index is -0.510. The molecule has 2 aliphatic rings. The summed E-state index contributed by atoms with van der Waals surface area (Å²) in [4.78, 5) is 31.0. The molecule has 2 aromatic rings. The van der Waals surface area contributed by atoms with Gasteiger partial charge >= 0.3 is 12.1 Å². The molecule has 2 fully saturated rings. The second-order valence-corrected chi connectivity index (χ2v) is 8.42. The van der Waals surface area contributed by atoms with Gasteiger partial charge < -0.3 is 18.8 Å². The van der Waals surface area contributed by atoms with Crippen molar-refractivity contribution in [1.29, 1.82) is 0 Å². The lowest BCUT2D eigenvalue weighted by atomic mass is 9.99. The van der Waals surface area contributed by atoms with Crippen molar-refractivity contribution in [3.8, 4) is 0 Å².